The molecule has 0 amide bonds. The minimum atomic E-state index is -0.840. The molecule has 1 saturated heterocycles. The van der Waals surface area contributed by atoms with E-state index in [0.29, 0.717) is 18.5 Å². The SMILES string of the molecule is COC(=O)c1ccc(/C=N/N2CCCCC2C(=O)O)cc1. The molecule has 1 fully saturated rings. The van der Waals surface area contributed by atoms with Gasteiger partial charge in [0, 0.05) is 6.54 Å². The molecule has 1 aromatic rings. The zero-order valence-corrected chi connectivity index (χ0v) is 11.9. The van der Waals surface area contributed by atoms with E-state index in [9.17, 15) is 9.59 Å². The smallest absolute Gasteiger partial charge is 0.337 e. The van der Waals surface area contributed by atoms with Gasteiger partial charge in [-0.3, -0.25) is 5.01 Å². The van der Waals surface area contributed by atoms with Crippen molar-refractivity contribution in [3.05, 3.63) is 35.4 Å². The van der Waals surface area contributed by atoms with Gasteiger partial charge in [-0.1, -0.05) is 12.1 Å². The Hall–Kier alpha value is -2.37. The van der Waals surface area contributed by atoms with Gasteiger partial charge < -0.3 is 9.84 Å². The number of esters is 1. The quantitative estimate of drug-likeness (QED) is 0.675. The third-order valence-electron chi connectivity index (χ3n) is 3.45. The molecule has 0 bridgehead atoms. The predicted octanol–water partition coefficient (Wildman–Crippen LogP) is 1.75. The molecular weight excluding hydrogens is 272 g/mol. The van der Waals surface area contributed by atoms with Crippen LogP contribution in [0.15, 0.2) is 29.4 Å². The second kappa shape index (κ2) is 6.88. The average molecular weight is 290 g/mol. The fraction of sp³-hybridized carbons (Fsp3) is 0.400. The number of piperidine rings is 1. The third-order valence-corrected chi connectivity index (χ3v) is 3.45. The predicted molar refractivity (Wildman–Crippen MR) is 77.4 cm³/mol. The Morgan fingerprint density at radius 1 is 1.33 bits per heavy atom. The van der Waals surface area contributed by atoms with Gasteiger partial charge in [0.1, 0.15) is 6.04 Å². The number of carboxylic acid groups (broad SMARTS) is 1. The second-order valence-corrected chi connectivity index (χ2v) is 4.87. The topological polar surface area (TPSA) is 79.2 Å². The van der Waals surface area contributed by atoms with E-state index in [-0.39, 0.29) is 5.97 Å². The summed E-state index contributed by atoms with van der Waals surface area (Å²) >= 11 is 0. The highest BCUT2D eigenvalue weighted by atomic mass is 16.5. The van der Waals surface area contributed by atoms with E-state index in [2.05, 4.69) is 9.84 Å². The number of carboxylic acids is 1. The monoisotopic (exact) mass is 290 g/mol. The van der Waals surface area contributed by atoms with Crippen LogP contribution in [0.25, 0.3) is 0 Å². The molecule has 1 atom stereocenters. The summed E-state index contributed by atoms with van der Waals surface area (Å²) in [5, 5.41) is 15.0. The number of hydrogen-bond donors (Lipinski definition) is 1. The van der Waals surface area contributed by atoms with Crippen LogP contribution in [0.5, 0.6) is 0 Å². The zero-order valence-electron chi connectivity index (χ0n) is 11.9. The fourth-order valence-electron chi connectivity index (χ4n) is 2.27. The molecule has 1 heterocycles. The standard InChI is InChI=1S/C15H18N2O4/c1-21-15(20)12-7-5-11(6-8-12)10-16-17-9-3-2-4-13(17)14(18)19/h5-8,10,13H,2-4,9H2,1H3,(H,18,19)/b16-10+. The first kappa shape index (κ1) is 15.0. The van der Waals surface area contributed by atoms with Crippen molar-refractivity contribution in [2.45, 2.75) is 25.3 Å². The first-order chi connectivity index (χ1) is 10.1. The summed E-state index contributed by atoms with van der Waals surface area (Å²) in [5.41, 5.74) is 1.27. The van der Waals surface area contributed by atoms with Crippen LogP contribution >= 0.6 is 0 Å². The van der Waals surface area contributed by atoms with Crippen LogP contribution in [0.1, 0.15) is 35.2 Å². The van der Waals surface area contributed by atoms with Gasteiger partial charge in [-0.2, -0.15) is 5.10 Å². The van der Waals surface area contributed by atoms with Crippen molar-refractivity contribution in [3.63, 3.8) is 0 Å². The lowest BCUT2D eigenvalue weighted by molar-refractivity contribution is -0.144. The lowest BCUT2D eigenvalue weighted by Crippen LogP contribution is -2.41. The van der Waals surface area contributed by atoms with E-state index >= 15 is 0 Å². The van der Waals surface area contributed by atoms with Gasteiger partial charge in [-0.15, -0.1) is 0 Å². The van der Waals surface area contributed by atoms with Gasteiger partial charge in [0.05, 0.1) is 18.9 Å². The van der Waals surface area contributed by atoms with Crippen molar-refractivity contribution >= 4 is 18.2 Å². The highest BCUT2D eigenvalue weighted by molar-refractivity contribution is 5.90. The molecule has 0 spiro atoms. The van der Waals surface area contributed by atoms with Crippen LogP contribution < -0.4 is 0 Å². The van der Waals surface area contributed by atoms with Crippen molar-refractivity contribution < 1.29 is 19.4 Å². The minimum absolute atomic E-state index is 0.388. The summed E-state index contributed by atoms with van der Waals surface area (Å²) in [7, 11) is 1.33. The second-order valence-electron chi connectivity index (χ2n) is 4.87. The summed E-state index contributed by atoms with van der Waals surface area (Å²) < 4.78 is 4.63. The molecule has 1 aliphatic rings. The van der Waals surface area contributed by atoms with E-state index in [1.807, 2.05) is 0 Å². The Morgan fingerprint density at radius 3 is 2.67 bits per heavy atom. The average Bonchev–Trinajstić information content (AvgIpc) is 2.52. The fourth-order valence-corrected chi connectivity index (χ4v) is 2.27. The Morgan fingerprint density at radius 2 is 2.05 bits per heavy atom. The molecule has 0 radical (unpaired) electrons. The molecule has 112 valence electrons. The number of hydrogen-bond acceptors (Lipinski definition) is 5. The Labute approximate surface area is 123 Å². The van der Waals surface area contributed by atoms with Crippen LogP contribution in [0.4, 0.5) is 0 Å². The van der Waals surface area contributed by atoms with Crippen molar-refractivity contribution in [3.8, 4) is 0 Å². The van der Waals surface area contributed by atoms with Gasteiger partial charge in [0.15, 0.2) is 0 Å². The van der Waals surface area contributed by atoms with Crippen molar-refractivity contribution in [1.29, 1.82) is 0 Å². The van der Waals surface area contributed by atoms with Gasteiger partial charge in [0.25, 0.3) is 0 Å². The first-order valence-electron chi connectivity index (χ1n) is 6.83. The molecule has 0 saturated carbocycles. The van der Waals surface area contributed by atoms with E-state index in [1.54, 1.807) is 35.5 Å². The van der Waals surface area contributed by atoms with Crippen molar-refractivity contribution in [1.82, 2.24) is 5.01 Å². The summed E-state index contributed by atoms with van der Waals surface area (Å²) in [4.78, 5) is 22.5. The van der Waals surface area contributed by atoms with Crippen LogP contribution in [-0.2, 0) is 9.53 Å². The Balaban J connectivity index is 2.05. The number of carbonyl (C=O) groups excluding carboxylic acids is 1. The number of aliphatic carboxylic acids is 1. The Kier molecular flexibility index (Phi) is 4.92. The van der Waals surface area contributed by atoms with E-state index in [1.165, 1.54) is 7.11 Å². The number of ether oxygens (including phenoxy) is 1. The molecule has 6 nitrogen and oxygen atoms in total. The molecule has 1 N–H and O–H groups in total. The summed E-state index contributed by atoms with van der Waals surface area (Å²) in [6, 6.07) is 6.24. The minimum Gasteiger partial charge on any atom is -0.480 e. The summed E-state index contributed by atoms with van der Waals surface area (Å²) in [5.74, 6) is -1.23. The van der Waals surface area contributed by atoms with Crippen molar-refractivity contribution in [2.75, 3.05) is 13.7 Å². The number of nitrogens with zero attached hydrogens (tertiary/aromatic N) is 2. The van der Waals surface area contributed by atoms with Crippen LogP contribution in [0.2, 0.25) is 0 Å². The maximum absolute atomic E-state index is 11.3. The maximum Gasteiger partial charge on any atom is 0.337 e. The van der Waals surface area contributed by atoms with Crippen molar-refractivity contribution in [2.24, 2.45) is 5.10 Å². The lowest BCUT2D eigenvalue weighted by atomic mass is 10.0. The normalized spacial score (nSPS) is 18.7. The van der Waals surface area contributed by atoms with E-state index < -0.39 is 12.0 Å². The first-order valence-corrected chi connectivity index (χ1v) is 6.83. The van der Waals surface area contributed by atoms with E-state index in [0.717, 1.165) is 18.4 Å². The van der Waals surface area contributed by atoms with Gasteiger partial charge in [-0.25, -0.2) is 9.59 Å². The van der Waals surface area contributed by atoms with Gasteiger partial charge in [0.2, 0.25) is 0 Å². The number of hydrazone groups is 1. The van der Waals surface area contributed by atoms with Crippen LogP contribution in [0, 0.1) is 0 Å². The molecule has 6 heteroatoms. The number of rotatable bonds is 4. The zero-order chi connectivity index (χ0) is 15.2. The number of carbonyl (C=O) groups is 2. The molecule has 21 heavy (non-hydrogen) atoms. The molecule has 1 aliphatic heterocycles. The third kappa shape index (κ3) is 3.81. The molecule has 0 aliphatic carbocycles. The highest BCUT2D eigenvalue weighted by Gasteiger charge is 2.27. The Bertz CT molecular complexity index is 539. The highest BCUT2D eigenvalue weighted by Crippen LogP contribution is 2.17. The van der Waals surface area contributed by atoms with Gasteiger partial charge in [-0.05, 0) is 37.0 Å². The molecule has 1 aromatic carbocycles. The maximum atomic E-state index is 11.3. The van der Waals surface area contributed by atoms with Gasteiger partial charge >= 0.3 is 11.9 Å². The number of methoxy groups -OCH3 is 1. The molecule has 1 unspecified atom stereocenters. The molecule has 0 aromatic heterocycles. The van der Waals surface area contributed by atoms with Crippen LogP contribution in [0.3, 0.4) is 0 Å². The number of benzene rings is 1. The lowest BCUT2D eigenvalue weighted by Gasteiger charge is -2.30. The summed E-state index contributed by atoms with van der Waals surface area (Å²) in [6.07, 6.45) is 4.09. The van der Waals surface area contributed by atoms with Crippen LogP contribution in [-0.4, -0.2) is 48.0 Å². The van der Waals surface area contributed by atoms with E-state index in [4.69, 9.17) is 5.11 Å². The summed E-state index contributed by atoms with van der Waals surface area (Å²) in [6.45, 7) is 0.647. The molecule has 2 rings (SSSR count). The largest absolute Gasteiger partial charge is 0.480 e. The molecular formula is C15H18N2O4.